The van der Waals surface area contributed by atoms with E-state index in [0.29, 0.717) is 0 Å². The van der Waals surface area contributed by atoms with Crippen molar-refractivity contribution < 1.29 is 4.74 Å². The Labute approximate surface area is 219 Å². The zero-order valence-electron chi connectivity index (χ0n) is 21.7. The third-order valence-corrected chi connectivity index (χ3v) is 10.1. The summed E-state index contributed by atoms with van der Waals surface area (Å²) in [6.45, 7) is 14.3. The van der Waals surface area contributed by atoms with Crippen LogP contribution in [0, 0.1) is 23.7 Å². The zero-order valence-corrected chi connectivity index (χ0v) is 24.9. The van der Waals surface area contributed by atoms with E-state index in [9.17, 15) is 0 Å². The monoisotopic (exact) mass is 552 g/mol. The van der Waals surface area contributed by atoms with Crippen LogP contribution in [0.2, 0.25) is 0 Å². The van der Waals surface area contributed by atoms with Gasteiger partial charge in [-0.3, -0.25) is 0 Å². The Morgan fingerprint density at radius 1 is 0.818 bits per heavy atom. The summed E-state index contributed by atoms with van der Waals surface area (Å²) in [5.41, 5.74) is 1.27. The van der Waals surface area contributed by atoms with Gasteiger partial charge in [0.15, 0.2) is 0 Å². The van der Waals surface area contributed by atoms with E-state index in [1.807, 2.05) is 22.7 Å². The largest absolute Gasteiger partial charge is 0.481 e. The Hall–Kier alpha value is -0.320. The molecule has 0 radical (unpaired) electrons. The first-order valence-corrected chi connectivity index (χ1v) is 15.8. The Morgan fingerprint density at radius 2 is 1.39 bits per heavy atom. The molecule has 186 valence electrons. The summed E-state index contributed by atoms with van der Waals surface area (Å²) in [5, 5.41) is 2.20. The van der Waals surface area contributed by atoms with Crippen LogP contribution in [0.5, 0.6) is 5.75 Å². The predicted octanol–water partition coefficient (Wildman–Crippen LogP) is 11.3. The third kappa shape index (κ3) is 7.58. The molecule has 0 saturated carbocycles. The van der Waals surface area contributed by atoms with Crippen molar-refractivity contribution in [2.75, 3.05) is 0 Å². The van der Waals surface area contributed by atoms with Crippen molar-refractivity contribution in [2.24, 2.45) is 23.7 Å². The summed E-state index contributed by atoms with van der Waals surface area (Å²) in [5.74, 6) is 4.24. The molecule has 1 nitrogen and oxygen atoms in total. The molecule has 2 unspecified atom stereocenters. The van der Waals surface area contributed by atoms with Crippen molar-refractivity contribution >= 4 is 38.6 Å². The minimum Gasteiger partial charge on any atom is -0.481 e. The summed E-state index contributed by atoms with van der Waals surface area (Å²) in [7, 11) is 0. The van der Waals surface area contributed by atoms with E-state index in [0.717, 1.165) is 42.3 Å². The lowest BCUT2D eigenvalue weighted by atomic mass is 9.79. The number of hydrogen-bond acceptors (Lipinski definition) is 3. The molecule has 0 spiro atoms. The van der Waals surface area contributed by atoms with Crippen molar-refractivity contribution in [1.82, 2.24) is 0 Å². The lowest BCUT2D eigenvalue weighted by Crippen LogP contribution is -2.36. The molecule has 0 fully saturated rings. The molecular formula is C29H45BrOS2. The highest BCUT2D eigenvalue weighted by Gasteiger charge is 2.42. The standard InChI is InChI=1S/C29H45BrOS2/c1-20(2)9-7-11-22(5)13-16-29(17-14-23(6)12-8-10-21(3)4)24-19-26(30)33-27(24)28-25(31-29)15-18-32-28/h15,18-23H,7-14,16-17H2,1-6H3. The third-order valence-electron chi connectivity index (χ3n) is 7.37. The Kier molecular flexibility index (Phi) is 10.4. The van der Waals surface area contributed by atoms with Crippen LogP contribution in [0.1, 0.15) is 111 Å². The number of hydrogen-bond donors (Lipinski definition) is 0. The summed E-state index contributed by atoms with van der Waals surface area (Å²) >= 11 is 7.52. The fourth-order valence-electron chi connectivity index (χ4n) is 5.17. The van der Waals surface area contributed by atoms with Gasteiger partial charge < -0.3 is 4.74 Å². The lowest BCUT2D eigenvalue weighted by molar-refractivity contribution is 0.0323. The van der Waals surface area contributed by atoms with Gasteiger partial charge in [0.2, 0.25) is 0 Å². The van der Waals surface area contributed by atoms with Gasteiger partial charge in [0, 0.05) is 5.56 Å². The fourth-order valence-corrected chi connectivity index (χ4v) is 7.84. The van der Waals surface area contributed by atoms with Gasteiger partial charge >= 0.3 is 0 Å². The Bertz CT molecular complexity index is 826. The maximum absolute atomic E-state index is 6.98. The molecule has 0 bridgehead atoms. The van der Waals surface area contributed by atoms with E-state index in [2.05, 4.69) is 75.0 Å². The normalized spacial score (nSPS) is 19.4. The molecule has 2 aromatic heterocycles. The zero-order chi connectivity index (χ0) is 24.0. The average molecular weight is 554 g/mol. The quantitative estimate of drug-likeness (QED) is 0.226. The maximum atomic E-state index is 6.98. The van der Waals surface area contributed by atoms with E-state index < -0.39 is 0 Å². The highest BCUT2D eigenvalue weighted by Crippen LogP contribution is 2.55. The SMILES string of the molecule is CC(C)CCCC(C)CCC1(CCC(C)CCCC(C)C)Oc2ccsc2-c2sc(Br)cc21. The molecule has 0 amide bonds. The van der Waals surface area contributed by atoms with Crippen LogP contribution in [-0.2, 0) is 5.60 Å². The van der Waals surface area contributed by atoms with Crippen molar-refractivity contribution in [2.45, 2.75) is 111 Å². The van der Waals surface area contributed by atoms with Crippen molar-refractivity contribution in [3.63, 3.8) is 0 Å². The van der Waals surface area contributed by atoms with E-state index >= 15 is 0 Å². The van der Waals surface area contributed by atoms with Gasteiger partial charge in [-0.2, -0.15) is 0 Å². The summed E-state index contributed by atoms with van der Waals surface area (Å²) in [4.78, 5) is 2.77. The number of halogens is 1. The smallest absolute Gasteiger partial charge is 0.140 e. The van der Waals surface area contributed by atoms with Gasteiger partial charge in [-0.1, -0.05) is 80.1 Å². The summed E-state index contributed by atoms with van der Waals surface area (Å²) in [6.07, 6.45) is 12.8. The highest BCUT2D eigenvalue weighted by atomic mass is 79.9. The maximum Gasteiger partial charge on any atom is 0.140 e. The molecule has 0 aromatic carbocycles. The molecule has 4 heteroatoms. The molecule has 3 rings (SSSR count). The molecule has 1 aliphatic heterocycles. The topological polar surface area (TPSA) is 9.23 Å². The van der Waals surface area contributed by atoms with Crippen LogP contribution in [0.15, 0.2) is 21.3 Å². The average Bonchev–Trinajstić information content (AvgIpc) is 3.36. The number of fused-ring (bicyclic) bond motifs is 3. The van der Waals surface area contributed by atoms with Gasteiger partial charge in [-0.25, -0.2) is 0 Å². The first-order valence-electron chi connectivity index (χ1n) is 13.3. The minimum atomic E-state index is -0.176. The van der Waals surface area contributed by atoms with E-state index in [4.69, 9.17) is 4.74 Å². The molecule has 0 saturated heterocycles. The lowest BCUT2D eigenvalue weighted by Gasteiger charge is -2.39. The number of rotatable bonds is 14. The van der Waals surface area contributed by atoms with Gasteiger partial charge in [-0.15, -0.1) is 22.7 Å². The van der Waals surface area contributed by atoms with Crippen LogP contribution >= 0.6 is 38.6 Å². The van der Waals surface area contributed by atoms with Crippen LogP contribution in [-0.4, -0.2) is 0 Å². The summed E-state index contributed by atoms with van der Waals surface area (Å²) < 4.78 is 8.21. The molecule has 33 heavy (non-hydrogen) atoms. The van der Waals surface area contributed by atoms with Gasteiger partial charge in [0.25, 0.3) is 0 Å². The molecule has 1 aliphatic rings. The molecule has 3 heterocycles. The minimum absolute atomic E-state index is 0.176. The van der Waals surface area contributed by atoms with Crippen LogP contribution < -0.4 is 4.74 Å². The first kappa shape index (κ1) is 27.3. The number of thiophene rings is 2. The van der Waals surface area contributed by atoms with Crippen LogP contribution in [0.4, 0.5) is 0 Å². The molecule has 2 aromatic rings. The fraction of sp³-hybridized carbons (Fsp3) is 0.724. The highest BCUT2D eigenvalue weighted by molar-refractivity contribution is 9.11. The van der Waals surface area contributed by atoms with Crippen molar-refractivity contribution in [1.29, 1.82) is 0 Å². The second-order valence-corrected chi connectivity index (χ2v) is 14.8. The van der Waals surface area contributed by atoms with E-state index in [-0.39, 0.29) is 5.60 Å². The van der Waals surface area contributed by atoms with Gasteiger partial charge in [-0.05, 0) is 82.8 Å². The van der Waals surface area contributed by atoms with Crippen LogP contribution in [0.3, 0.4) is 0 Å². The van der Waals surface area contributed by atoms with Crippen molar-refractivity contribution in [3.8, 4) is 15.5 Å². The Balaban J connectivity index is 1.74. The van der Waals surface area contributed by atoms with Gasteiger partial charge in [0.05, 0.1) is 13.5 Å². The molecule has 0 N–H and O–H groups in total. The second kappa shape index (κ2) is 12.6. The summed E-state index contributed by atoms with van der Waals surface area (Å²) in [6, 6.07) is 4.57. The molecule has 0 aliphatic carbocycles. The number of ether oxygens (including phenoxy) is 1. The van der Waals surface area contributed by atoms with Crippen LogP contribution in [0.25, 0.3) is 9.75 Å². The molecular weight excluding hydrogens is 508 g/mol. The van der Waals surface area contributed by atoms with E-state index in [1.54, 1.807) is 0 Å². The van der Waals surface area contributed by atoms with Gasteiger partial charge in [0.1, 0.15) is 11.4 Å². The van der Waals surface area contributed by atoms with Crippen molar-refractivity contribution in [3.05, 3.63) is 26.9 Å². The first-order chi connectivity index (χ1) is 15.7. The molecule has 2 atom stereocenters. The predicted molar refractivity (Wildman–Crippen MR) is 152 cm³/mol. The van der Waals surface area contributed by atoms with E-state index in [1.165, 1.54) is 70.5 Å². The Morgan fingerprint density at radius 3 is 1.94 bits per heavy atom. The second-order valence-electron chi connectivity index (χ2n) is 11.4.